The van der Waals surface area contributed by atoms with Crippen LogP contribution in [0.5, 0.6) is 0 Å². The maximum absolute atomic E-state index is 5.18. The normalized spacial score (nSPS) is 29.4. The summed E-state index contributed by atoms with van der Waals surface area (Å²) < 4.78 is 5.18. The van der Waals surface area contributed by atoms with Crippen LogP contribution >= 0.6 is 0 Å². The smallest absolute Gasteiger partial charge is 0.0589 e. The number of nitrogens with one attached hydrogen (secondary N) is 1. The molecule has 2 atom stereocenters. The minimum Gasteiger partial charge on any atom is -0.383 e. The lowest BCUT2D eigenvalue weighted by Crippen LogP contribution is -2.51. The molecule has 94 valence electrons. The van der Waals surface area contributed by atoms with Crippen LogP contribution in [0.25, 0.3) is 0 Å². The Hall–Kier alpha value is -0.120. The van der Waals surface area contributed by atoms with E-state index in [1.165, 1.54) is 32.2 Å². The summed E-state index contributed by atoms with van der Waals surface area (Å²) >= 11 is 0. The summed E-state index contributed by atoms with van der Waals surface area (Å²) in [6, 6.07) is 1.67. The van der Waals surface area contributed by atoms with Crippen molar-refractivity contribution in [2.45, 2.75) is 44.7 Å². The van der Waals surface area contributed by atoms with Gasteiger partial charge in [0.25, 0.3) is 0 Å². The fraction of sp³-hybridized carbons (Fsp3) is 1.00. The number of nitrogens with zero attached hydrogens (tertiary/aromatic N) is 1. The highest BCUT2D eigenvalue weighted by Gasteiger charge is 2.35. The Morgan fingerprint density at radius 1 is 1.25 bits per heavy atom. The summed E-state index contributed by atoms with van der Waals surface area (Å²) in [4.78, 5) is 2.59. The second-order valence-electron chi connectivity index (χ2n) is 5.21. The Morgan fingerprint density at radius 3 is 2.56 bits per heavy atom. The van der Waals surface area contributed by atoms with E-state index in [4.69, 9.17) is 4.74 Å². The highest BCUT2D eigenvalue weighted by molar-refractivity contribution is 4.92. The van der Waals surface area contributed by atoms with Crippen LogP contribution in [-0.2, 0) is 4.74 Å². The molecule has 0 heterocycles. The third kappa shape index (κ3) is 3.19. The summed E-state index contributed by atoms with van der Waals surface area (Å²) in [6.45, 7) is 6.62. The van der Waals surface area contributed by atoms with Crippen molar-refractivity contribution in [2.75, 3.05) is 33.4 Å². The Kier molecular flexibility index (Phi) is 4.62. The zero-order valence-electron chi connectivity index (χ0n) is 10.7. The zero-order valence-corrected chi connectivity index (χ0v) is 10.7. The summed E-state index contributed by atoms with van der Waals surface area (Å²) in [5.74, 6) is 0.886. The number of rotatable bonds is 8. The first-order chi connectivity index (χ1) is 7.85. The van der Waals surface area contributed by atoms with Gasteiger partial charge in [-0.1, -0.05) is 6.92 Å². The molecule has 1 N–H and O–H groups in total. The lowest BCUT2D eigenvalue weighted by molar-refractivity contribution is 0.0437. The number of hydrogen-bond donors (Lipinski definition) is 1. The molecule has 2 aliphatic carbocycles. The molecule has 0 bridgehead atoms. The van der Waals surface area contributed by atoms with E-state index in [2.05, 4.69) is 17.1 Å². The van der Waals surface area contributed by atoms with Gasteiger partial charge in [0.1, 0.15) is 0 Å². The summed E-state index contributed by atoms with van der Waals surface area (Å²) in [6.07, 6.45) is 5.60. The molecule has 0 spiro atoms. The van der Waals surface area contributed by atoms with Crippen molar-refractivity contribution >= 4 is 0 Å². The topological polar surface area (TPSA) is 24.5 Å². The van der Waals surface area contributed by atoms with Crippen LogP contribution in [-0.4, -0.2) is 50.3 Å². The van der Waals surface area contributed by atoms with Crippen molar-refractivity contribution in [1.29, 1.82) is 0 Å². The summed E-state index contributed by atoms with van der Waals surface area (Å²) in [5, 5.41) is 3.67. The number of hydrogen-bond acceptors (Lipinski definition) is 3. The van der Waals surface area contributed by atoms with Gasteiger partial charge in [-0.15, -0.1) is 0 Å². The highest BCUT2D eigenvalue weighted by Crippen LogP contribution is 2.32. The molecule has 2 saturated carbocycles. The van der Waals surface area contributed by atoms with E-state index in [-0.39, 0.29) is 0 Å². The maximum atomic E-state index is 5.18. The largest absolute Gasteiger partial charge is 0.383 e. The van der Waals surface area contributed by atoms with E-state index in [0.29, 0.717) is 0 Å². The van der Waals surface area contributed by atoms with E-state index in [1.54, 1.807) is 7.11 Å². The lowest BCUT2D eigenvalue weighted by atomic mass is 9.78. The van der Waals surface area contributed by atoms with Gasteiger partial charge in [0.15, 0.2) is 0 Å². The molecule has 0 saturated heterocycles. The van der Waals surface area contributed by atoms with Crippen molar-refractivity contribution in [3.63, 3.8) is 0 Å². The van der Waals surface area contributed by atoms with E-state index < -0.39 is 0 Å². The lowest BCUT2D eigenvalue weighted by Gasteiger charge is -2.44. The molecule has 0 aliphatic heterocycles. The Labute approximate surface area is 99.5 Å². The quantitative estimate of drug-likeness (QED) is 0.678. The first-order valence-electron chi connectivity index (χ1n) is 6.81. The van der Waals surface area contributed by atoms with Crippen LogP contribution in [0.2, 0.25) is 0 Å². The van der Waals surface area contributed by atoms with Crippen LogP contribution in [0.1, 0.15) is 32.6 Å². The molecular weight excluding hydrogens is 200 g/mol. The summed E-state index contributed by atoms with van der Waals surface area (Å²) in [7, 11) is 1.79. The van der Waals surface area contributed by atoms with Gasteiger partial charge in [0.2, 0.25) is 0 Å². The van der Waals surface area contributed by atoms with Gasteiger partial charge in [-0.2, -0.15) is 0 Å². The summed E-state index contributed by atoms with van der Waals surface area (Å²) in [5.41, 5.74) is 0. The van der Waals surface area contributed by atoms with Crippen LogP contribution in [0, 0.1) is 5.92 Å². The fourth-order valence-corrected chi connectivity index (χ4v) is 2.64. The molecule has 0 aromatic carbocycles. The van der Waals surface area contributed by atoms with Crippen molar-refractivity contribution in [1.82, 2.24) is 10.2 Å². The first kappa shape index (κ1) is 12.3. The number of ether oxygens (including phenoxy) is 1. The second kappa shape index (κ2) is 5.99. The third-order valence-corrected chi connectivity index (χ3v) is 4.08. The van der Waals surface area contributed by atoms with Crippen molar-refractivity contribution < 1.29 is 4.74 Å². The van der Waals surface area contributed by atoms with Gasteiger partial charge in [-0.3, -0.25) is 4.90 Å². The van der Waals surface area contributed by atoms with Crippen molar-refractivity contribution in [2.24, 2.45) is 5.92 Å². The minimum atomic E-state index is 0.811. The zero-order chi connectivity index (χ0) is 11.4. The molecule has 0 amide bonds. The third-order valence-electron chi connectivity index (χ3n) is 4.08. The molecule has 2 unspecified atom stereocenters. The van der Waals surface area contributed by atoms with E-state index in [0.717, 1.165) is 37.7 Å². The molecule has 3 heteroatoms. The fourth-order valence-electron chi connectivity index (χ4n) is 2.64. The Bertz CT molecular complexity index is 206. The predicted molar refractivity (Wildman–Crippen MR) is 66.7 cm³/mol. The van der Waals surface area contributed by atoms with E-state index in [1.807, 2.05) is 0 Å². The molecule has 0 aromatic heterocycles. The number of methoxy groups -OCH3 is 1. The molecule has 16 heavy (non-hydrogen) atoms. The van der Waals surface area contributed by atoms with Gasteiger partial charge >= 0.3 is 0 Å². The first-order valence-corrected chi connectivity index (χ1v) is 6.81. The molecule has 3 nitrogen and oxygen atoms in total. The van der Waals surface area contributed by atoms with Gasteiger partial charge in [-0.25, -0.2) is 0 Å². The molecule has 2 fully saturated rings. The minimum absolute atomic E-state index is 0.811. The molecule has 2 aliphatic rings. The van der Waals surface area contributed by atoms with Crippen LogP contribution in [0.3, 0.4) is 0 Å². The van der Waals surface area contributed by atoms with Crippen LogP contribution in [0.4, 0.5) is 0 Å². The van der Waals surface area contributed by atoms with Crippen LogP contribution < -0.4 is 5.32 Å². The Morgan fingerprint density at radius 2 is 2.06 bits per heavy atom. The van der Waals surface area contributed by atoms with Gasteiger partial charge in [-0.05, 0) is 44.7 Å². The van der Waals surface area contributed by atoms with Gasteiger partial charge < -0.3 is 10.1 Å². The van der Waals surface area contributed by atoms with Crippen molar-refractivity contribution in [3.05, 3.63) is 0 Å². The van der Waals surface area contributed by atoms with Gasteiger partial charge in [0, 0.05) is 25.7 Å². The van der Waals surface area contributed by atoms with E-state index >= 15 is 0 Å². The monoisotopic (exact) mass is 226 g/mol. The second-order valence-corrected chi connectivity index (χ2v) is 5.21. The molecule has 2 rings (SSSR count). The Balaban J connectivity index is 1.68. The average Bonchev–Trinajstić information content (AvgIpc) is 3.06. The molecule has 0 aromatic rings. The predicted octanol–water partition coefficient (Wildman–Crippen LogP) is 1.49. The average molecular weight is 226 g/mol. The van der Waals surface area contributed by atoms with E-state index in [9.17, 15) is 0 Å². The van der Waals surface area contributed by atoms with Crippen LogP contribution in [0.15, 0.2) is 0 Å². The molecule has 0 radical (unpaired) electrons. The number of likely N-dealkylation sites (N-methyl/N-ethyl adjacent to an activating group) is 1. The molecular formula is C13H26N2O. The highest BCUT2D eigenvalue weighted by atomic mass is 16.5. The standard InChI is InChI=1S/C13H26N2O/c1-3-15(8-9-16-2)13-7-4-11(13)10-14-12-5-6-12/h11-14H,3-10H2,1-2H3. The SMILES string of the molecule is CCN(CCOC)C1CCC1CNC1CC1. The van der Waals surface area contributed by atoms with Crippen molar-refractivity contribution in [3.8, 4) is 0 Å². The van der Waals surface area contributed by atoms with Gasteiger partial charge in [0.05, 0.1) is 6.61 Å². The maximum Gasteiger partial charge on any atom is 0.0589 e.